The van der Waals surface area contributed by atoms with E-state index in [9.17, 15) is 14.4 Å². The van der Waals surface area contributed by atoms with Crippen molar-refractivity contribution in [3.05, 3.63) is 36.3 Å². The van der Waals surface area contributed by atoms with E-state index in [-0.39, 0.29) is 23.5 Å². The molecule has 26 heavy (non-hydrogen) atoms. The van der Waals surface area contributed by atoms with Gasteiger partial charge in [-0.15, -0.1) is 0 Å². The lowest BCUT2D eigenvalue weighted by Gasteiger charge is -2.32. The number of carbonyl (C=O) groups excluding carboxylic acids is 3. The highest BCUT2D eigenvalue weighted by molar-refractivity contribution is 8.15. The molecule has 4 heterocycles. The molecule has 7 nitrogen and oxygen atoms in total. The highest BCUT2D eigenvalue weighted by Crippen LogP contribution is 2.29. The molecule has 2 aromatic rings. The van der Waals surface area contributed by atoms with Gasteiger partial charge in [-0.05, 0) is 31.0 Å². The molecule has 3 amide bonds. The first kappa shape index (κ1) is 17.0. The topological polar surface area (TPSA) is 92.3 Å². The fourth-order valence-corrected chi connectivity index (χ4v) is 4.25. The van der Waals surface area contributed by atoms with E-state index in [2.05, 4.69) is 15.3 Å². The molecule has 1 unspecified atom stereocenters. The third-order valence-electron chi connectivity index (χ3n) is 4.90. The number of likely N-dealkylation sites (tertiary alicyclic amines) is 1. The Labute approximate surface area is 154 Å². The summed E-state index contributed by atoms with van der Waals surface area (Å²) in [7, 11) is 0. The van der Waals surface area contributed by atoms with Crippen molar-refractivity contribution in [2.45, 2.75) is 30.4 Å². The molecular weight excluding hydrogens is 352 g/mol. The van der Waals surface area contributed by atoms with Crippen molar-refractivity contribution >= 4 is 39.7 Å². The van der Waals surface area contributed by atoms with Crippen molar-refractivity contribution in [2.75, 3.05) is 13.1 Å². The molecule has 4 rings (SSSR count). The molecule has 134 valence electrons. The van der Waals surface area contributed by atoms with Crippen LogP contribution < -0.4 is 5.32 Å². The van der Waals surface area contributed by atoms with E-state index >= 15 is 0 Å². The molecular formula is C18H18N4O3S. The van der Waals surface area contributed by atoms with Crippen molar-refractivity contribution in [1.82, 2.24) is 20.2 Å². The minimum absolute atomic E-state index is 0.0704. The second-order valence-corrected chi connectivity index (χ2v) is 7.72. The summed E-state index contributed by atoms with van der Waals surface area (Å²) in [6.45, 7) is 1.27. The van der Waals surface area contributed by atoms with Gasteiger partial charge in [0, 0.05) is 48.9 Å². The lowest BCUT2D eigenvalue weighted by molar-refractivity contribution is -0.133. The van der Waals surface area contributed by atoms with Gasteiger partial charge in [0.1, 0.15) is 5.25 Å². The maximum Gasteiger partial charge on any atom is 0.286 e. The molecule has 0 saturated carbocycles. The van der Waals surface area contributed by atoms with Crippen LogP contribution in [-0.2, 0) is 9.59 Å². The van der Waals surface area contributed by atoms with Crippen LogP contribution in [0.3, 0.4) is 0 Å². The summed E-state index contributed by atoms with van der Waals surface area (Å²) in [5.41, 5.74) is 1.95. The van der Waals surface area contributed by atoms with E-state index in [1.807, 2.05) is 24.4 Å². The minimum atomic E-state index is -0.596. The van der Waals surface area contributed by atoms with E-state index in [4.69, 9.17) is 0 Å². The smallest absolute Gasteiger partial charge is 0.286 e. The molecule has 0 radical (unpaired) electrons. The fraction of sp³-hybridized carbons (Fsp3) is 0.389. The number of piperidine rings is 1. The number of rotatable bonds is 3. The molecule has 2 aromatic heterocycles. The molecule has 2 aliphatic heterocycles. The third-order valence-corrected chi connectivity index (χ3v) is 5.88. The molecule has 1 N–H and O–H groups in total. The zero-order chi connectivity index (χ0) is 18.1. The molecule has 2 saturated heterocycles. The normalized spacial score (nSPS) is 21.2. The van der Waals surface area contributed by atoms with Crippen LogP contribution in [-0.4, -0.2) is 50.3 Å². The van der Waals surface area contributed by atoms with Crippen LogP contribution in [0, 0.1) is 0 Å². The van der Waals surface area contributed by atoms with Crippen LogP contribution in [0.5, 0.6) is 0 Å². The third kappa shape index (κ3) is 3.41. The molecule has 0 aliphatic carbocycles. The molecule has 0 spiro atoms. The largest absolute Gasteiger partial charge is 0.343 e. The zero-order valence-corrected chi connectivity index (χ0v) is 14.9. The zero-order valence-electron chi connectivity index (χ0n) is 14.1. The fourth-order valence-electron chi connectivity index (χ4n) is 3.44. The highest BCUT2D eigenvalue weighted by atomic mass is 32.2. The number of nitrogens with zero attached hydrogens (tertiary/aromatic N) is 3. The first-order valence-corrected chi connectivity index (χ1v) is 9.48. The Morgan fingerprint density at radius 2 is 2.08 bits per heavy atom. The summed E-state index contributed by atoms with van der Waals surface area (Å²) in [5, 5.41) is 2.27. The van der Waals surface area contributed by atoms with E-state index in [0.29, 0.717) is 19.0 Å². The predicted octanol–water partition coefficient (Wildman–Crippen LogP) is 2.08. The van der Waals surface area contributed by atoms with Gasteiger partial charge >= 0.3 is 0 Å². The Hall–Kier alpha value is -2.48. The highest BCUT2D eigenvalue weighted by Gasteiger charge is 2.35. The van der Waals surface area contributed by atoms with Gasteiger partial charge in [0.25, 0.3) is 5.24 Å². The second-order valence-electron chi connectivity index (χ2n) is 6.55. The molecule has 2 aliphatic rings. The number of imide groups is 1. The van der Waals surface area contributed by atoms with Crippen molar-refractivity contribution in [2.24, 2.45) is 0 Å². The van der Waals surface area contributed by atoms with E-state index < -0.39 is 5.25 Å². The van der Waals surface area contributed by atoms with E-state index in [1.54, 1.807) is 11.1 Å². The van der Waals surface area contributed by atoms with Crippen LogP contribution >= 0.6 is 11.8 Å². The number of pyridine rings is 2. The van der Waals surface area contributed by atoms with Gasteiger partial charge in [0.2, 0.25) is 11.8 Å². The van der Waals surface area contributed by atoms with Gasteiger partial charge in [-0.3, -0.25) is 29.7 Å². The molecule has 2 fully saturated rings. The number of carbonyl (C=O) groups is 3. The summed E-state index contributed by atoms with van der Waals surface area (Å²) >= 11 is 0.900. The molecule has 1 atom stereocenters. The molecule has 0 aromatic carbocycles. The van der Waals surface area contributed by atoms with Crippen molar-refractivity contribution in [1.29, 1.82) is 0 Å². The molecule has 8 heteroatoms. The number of amides is 3. The quantitative estimate of drug-likeness (QED) is 0.889. The number of thioether (sulfide) groups is 1. The summed E-state index contributed by atoms with van der Waals surface area (Å²) in [4.78, 5) is 46.0. The van der Waals surface area contributed by atoms with E-state index in [0.717, 1.165) is 41.2 Å². The standard InChI is InChI=1S/C18H18N4O3S/c23-16(9-15-17(24)21-18(25)26-15)22-6-3-11(4-7-22)13-8-14-12(10-20-13)2-1-5-19-14/h1-2,5,8,10-11,15H,3-4,6-7,9H2,(H,21,24,25). The van der Waals surface area contributed by atoms with Crippen LogP contribution in [0.1, 0.15) is 30.9 Å². The van der Waals surface area contributed by atoms with Gasteiger partial charge in [0.15, 0.2) is 0 Å². The van der Waals surface area contributed by atoms with Crippen molar-refractivity contribution in [3.63, 3.8) is 0 Å². The maximum atomic E-state index is 12.4. The Kier molecular flexibility index (Phi) is 4.58. The van der Waals surface area contributed by atoms with Gasteiger partial charge in [-0.1, -0.05) is 11.8 Å². The number of aromatic nitrogens is 2. The predicted molar refractivity (Wildman–Crippen MR) is 97.6 cm³/mol. The first-order valence-electron chi connectivity index (χ1n) is 8.60. The Bertz CT molecular complexity index is 880. The Morgan fingerprint density at radius 3 is 2.81 bits per heavy atom. The Morgan fingerprint density at radius 1 is 1.27 bits per heavy atom. The summed E-state index contributed by atoms with van der Waals surface area (Å²) in [6.07, 6.45) is 5.36. The van der Waals surface area contributed by atoms with E-state index in [1.165, 1.54) is 0 Å². The van der Waals surface area contributed by atoms with Crippen LogP contribution in [0.15, 0.2) is 30.6 Å². The summed E-state index contributed by atoms with van der Waals surface area (Å²) in [6, 6.07) is 5.91. The average Bonchev–Trinajstić information content (AvgIpc) is 2.98. The lowest BCUT2D eigenvalue weighted by atomic mass is 9.92. The molecule has 0 bridgehead atoms. The first-order chi connectivity index (χ1) is 12.6. The summed E-state index contributed by atoms with van der Waals surface area (Å²) < 4.78 is 0. The second kappa shape index (κ2) is 7.03. The monoisotopic (exact) mass is 370 g/mol. The van der Waals surface area contributed by atoms with Gasteiger partial charge < -0.3 is 4.90 Å². The average molecular weight is 370 g/mol. The Balaban J connectivity index is 1.36. The van der Waals surface area contributed by atoms with Crippen molar-refractivity contribution in [3.8, 4) is 0 Å². The van der Waals surface area contributed by atoms with Gasteiger partial charge in [0.05, 0.1) is 5.52 Å². The van der Waals surface area contributed by atoms with Crippen LogP contribution in [0.2, 0.25) is 0 Å². The van der Waals surface area contributed by atoms with Crippen LogP contribution in [0.25, 0.3) is 10.9 Å². The number of nitrogens with one attached hydrogen (secondary N) is 1. The SMILES string of the molecule is O=C1NC(=O)C(CC(=O)N2CCC(c3cc4ncccc4cn3)CC2)S1. The van der Waals surface area contributed by atoms with Crippen LogP contribution in [0.4, 0.5) is 4.79 Å². The number of hydrogen-bond acceptors (Lipinski definition) is 6. The maximum absolute atomic E-state index is 12.4. The number of fused-ring (bicyclic) bond motifs is 1. The van der Waals surface area contributed by atoms with Crippen molar-refractivity contribution < 1.29 is 14.4 Å². The minimum Gasteiger partial charge on any atom is -0.343 e. The van der Waals surface area contributed by atoms with Gasteiger partial charge in [-0.25, -0.2) is 0 Å². The number of hydrogen-bond donors (Lipinski definition) is 1. The lowest BCUT2D eigenvalue weighted by Crippen LogP contribution is -2.40. The summed E-state index contributed by atoms with van der Waals surface area (Å²) in [5.74, 6) is -0.133. The van der Waals surface area contributed by atoms with Gasteiger partial charge in [-0.2, -0.15) is 0 Å².